The molecule has 1 heterocycles. The maximum Gasteiger partial charge on any atom is 0.308 e. The van der Waals surface area contributed by atoms with Gasteiger partial charge in [0, 0.05) is 12.6 Å². The van der Waals surface area contributed by atoms with Crippen molar-refractivity contribution in [2.75, 3.05) is 6.54 Å². The fourth-order valence-corrected chi connectivity index (χ4v) is 2.59. The number of benzene rings is 1. The van der Waals surface area contributed by atoms with Crippen LogP contribution in [0.3, 0.4) is 0 Å². The van der Waals surface area contributed by atoms with Crippen LogP contribution in [0.5, 0.6) is 0 Å². The molecule has 0 bridgehead atoms. The summed E-state index contributed by atoms with van der Waals surface area (Å²) in [5, 5.41) is 12.4. The van der Waals surface area contributed by atoms with Crippen molar-refractivity contribution in [1.29, 1.82) is 0 Å². The van der Waals surface area contributed by atoms with Crippen molar-refractivity contribution in [3.05, 3.63) is 34.6 Å². The Morgan fingerprint density at radius 3 is 2.89 bits per heavy atom. The van der Waals surface area contributed by atoms with Gasteiger partial charge in [0.2, 0.25) is 0 Å². The van der Waals surface area contributed by atoms with E-state index in [2.05, 4.69) is 5.32 Å². The molecule has 3 unspecified atom stereocenters. The molecule has 98 valence electrons. The van der Waals surface area contributed by atoms with E-state index in [9.17, 15) is 14.3 Å². The number of halogens is 2. The monoisotopic (exact) mass is 271 g/mol. The second-order valence-electron chi connectivity index (χ2n) is 4.77. The molecule has 0 aliphatic carbocycles. The zero-order valence-corrected chi connectivity index (χ0v) is 10.7. The predicted molar refractivity (Wildman–Crippen MR) is 67.4 cm³/mol. The molecule has 2 N–H and O–H groups in total. The lowest BCUT2D eigenvalue weighted by Crippen LogP contribution is -2.44. The van der Waals surface area contributed by atoms with E-state index in [1.54, 1.807) is 6.07 Å². The molecule has 1 aliphatic heterocycles. The molecule has 3 nitrogen and oxygen atoms in total. The van der Waals surface area contributed by atoms with Crippen molar-refractivity contribution in [2.24, 2.45) is 5.92 Å². The fraction of sp³-hybridized carbons (Fsp3) is 0.462. The van der Waals surface area contributed by atoms with Gasteiger partial charge in [-0.3, -0.25) is 4.79 Å². The lowest BCUT2D eigenvalue weighted by Gasteiger charge is -2.33. The molecule has 1 fully saturated rings. The molecule has 0 aromatic heterocycles. The predicted octanol–water partition coefficient (Wildman–Crippen LogP) is 2.65. The Balaban J connectivity index is 2.31. The minimum absolute atomic E-state index is 0.0626. The average molecular weight is 272 g/mol. The second kappa shape index (κ2) is 5.24. The van der Waals surface area contributed by atoms with Crippen molar-refractivity contribution < 1.29 is 14.3 Å². The van der Waals surface area contributed by atoms with Gasteiger partial charge in [-0.2, -0.15) is 0 Å². The first kappa shape index (κ1) is 13.3. The van der Waals surface area contributed by atoms with E-state index in [1.807, 2.05) is 6.92 Å². The van der Waals surface area contributed by atoms with Crippen LogP contribution in [0.1, 0.15) is 24.8 Å². The molecule has 1 aromatic rings. The Morgan fingerprint density at radius 1 is 1.56 bits per heavy atom. The third-order valence-electron chi connectivity index (χ3n) is 3.47. The Labute approximate surface area is 110 Å². The lowest BCUT2D eigenvalue weighted by molar-refractivity contribution is -0.143. The summed E-state index contributed by atoms with van der Waals surface area (Å²) in [7, 11) is 0. The number of nitrogens with one attached hydrogen (secondary N) is 1. The quantitative estimate of drug-likeness (QED) is 0.869. The number of aliphatic carboxylic acids is 1. The summed E-state index contributed by atoms with van der Waals surface area (Å²) < 4.78 is 13.5. The molecule has 3 atom stereocenters. The minimum Gasteiger partial charge on any atom is -0.481 e. The highest BCUT2D eigenvalue weighted by atomic mass is 35.5. The van der Waals surface area contributed by atoms with Gasteiger partial charge in [-0.1, -0.05) is 17.7 Å². The maximum atomic E-state index is 13.5. The van der Waals surface area contributed by atoms with E-state index in [4.69, 9.17) is 11.6 Å². The number of carboxylic acids is 1. The van der Waals surface area contributed by atoms with Gasteiger partial charge in [-0.25, -0.2) is 4.39 Å². The standard InChI is InChI=1S/C13H15ClFNO2/c1-7-4-9(10(6-16-7)13(17)18)8-2-3-11(14)12(15)5-8/h2-3,5,7,9-10,16H,4,6H2,1H3,(H,17,18). The molecule has 1 saturated heterocycles. The number of carboxylic acid groups (broad SMARTS) is 1. The number of piperidine rings is 1. The summed E-state index contributed by atoms with van der Waals surface area (Å²) >= 11 is 5.64. The van der Waals surface area contributed by atoms with Crippen LogP contribution >= 0.6 is 11.6 Å². The van der Waals surface area contributed by atoms with Gasteiger partial charge in [0.25, 0.3) is 0 Å². The van der Waals surface area contributed by atoms with Crippen molar-refractivity contribution >= 4 is 17.6 Å². The molecule has 0 saturated carbocycles. The molecular weight excluding hydrogens is 257 g/mol. The van der Waals surface area contributed by atoms with Gasteiger partial charge in [-0.05, 0) is 37.0 Å². The molecule has 2 rings (SSSR count). The first-order valence-electron chi connectivity index (χ1n) is 5.90. The Morgan fingerprint density at radius 2 is 2.28 bits per heavy atom. The third kappa shape index (κ3) is 2.65. The maximum absolute atomic E-state index is 13.5. The molecule has 0 spiro atoms. The van der Waals surface area contributed by atoms with Crippen LogP contribution < -0.4 is 5.32 Å². The van der Waals surface area contributed by atoms with E-state index in [0.29, 0.717) is 18.5 Å². The molecule has 18 heavy (non-hydrogen) atoms. The van der Waals surface area contributed by atoms with Gasteiger partial charge in [0.1, 0.15) is 5.82 Å². The SMILES string of the molecule is CC1CC(c2ccc(Cl)c(F)c2)C(C(=O)O)CN1. The first-order valence-corrected chi connectivity index (χ1v) is 6.28. The fourth-order valence-electron chi connectivity index (χ4n) is 2.47. The summed E-state index contributed by atoms with van der Waals surface area (Å²) in [5.74, 6) is -2.05. The average Bonchev–Trinajstić information content (AvgIpc) is 2.32. The summed E-state index contributed by atoms with van der Waals surface area (Å²) in [6, 6.07) is 4.77. The Kier molecular flexibility index (Phi) is 3.88. The smallest absolute Gasteiger partial charge is 0.308 e. The van der Waals surface area contributed by atoms with Gasteiger partial charge in [0.15, 0.2) is 0 Å². The molecule has 1 aromatic carbocycles. The van der Waals surface area contributed by atoms with Crippen LogP contribution in [0.15, 0.2) is 18.2 Å². The largest absolute Gasteiger partial charge is 0.481 e. The van der Waals surface area contributed by atoms with E-state index in [1.165, 1.54) is 12.1 Å². The highest BCUT2D eigenvalue weighted by molar-refractivity contribution is 6.30. The first-order chi connectivity index (χ1) is 8.49. The normalized spacial score (nSPS) is 28.1. The Bertz CT molecular complexity index is 466. The van der Waals surface area contributed by atoms with Gasteiger partial charge in [-0.15, -0.1) is 0 Å². The number of hydrogen-bond donors (Lipinski definition) is 2. The van der Waals surface area contributed by atoms with Crippen LogP contribution in [0.2, 0.25) is 5.02 Å². The molecule has 0 amide bonds. The summed E-state index contributed by atoms with van der Waals surface area (Å²) in [6.45, 7) is 2.41. The number of hydrogen-bond acceptors (Lipinski definition) is 2. The Hall–Kier alpha value is -1.13. The van der Waals surface area contributed by atoms with Gasteiger partial charge >= 0.3 is 5.97 Å². The van der Waals surface area contributed by atoms with Crippen LogP contribution in [-0.2, 0) is 4.79 Å². The van der Waals surface area contributed by atoms with Crippen molar-refractivity contribution in [3.63, 3.8) is 0 Å². The number of rotatable bonds is 2. The second-order valence-corrected chi connectivity index (χ2v) is 5.18. The van der Waals surface area contributed by atoms with Crippen LogP contribution in [0.25, 0.3) is 0 Å². The van der Waals surface area contributed by atoms with Crippen LogP contribution in [-0.4, -0.2) is 23.7 Å². The summed E-state index contributed by atoms with van der Waals surface area (Å²) in [4.78, 5) is 11.2. The molecule has 1 aliphatic rings. The van der Waals surface area contributed by atoms with Crippen molar-refractivity contribution in [3.8, 4) is 0 Å². The highest BCUT2D eigenvalue weighted by Crippen LogP contribution is 2.34. The summed E-state index contributed by atoms with van der Waals surface area (Å²) in [5.41, 5.74) is 0.706. The number of carbonyl (C=O) groups is 1. The molecular formula is C13H15ClFNO2. The zero-order valence-electron chi connectivity index (χ0n) is 9.99. The highest BCUT2D eigenvalue weighted by Gasteiger charge is 2.34. The van der Waals surface area contributed by atoms with Crippen molar-refractivity contribution in [2.45, 2.75) is 25.3 Å². The third-order valence-corrected chi connectivity index (χ3v) is 3.77. The van der Waals surface area contributed by atoms with Gasteiger partial charge < -0.3 is 10.4 Å². The van der Waals surface area contributed by atoms with E-state index >= 15 is 0 Å². The van der Waals surface area contributed by atoms with Crippen LogP contribution in [0.4, 0.5) is 4.39 Å². The van der Waals surface area contributed by atoms with Gasteiger partial charge in [0.05, 0.1) is 10.9 Å². The lowest BCUT2D eigenvalue weighted by atomic mass is 9.79. The molecule has 5 heteroatoms. The van der Waals surface area contributed by atoms with Crippen molar-refractivity contribution in [1.82, 2.24) is 5.32 Å². The zero-order chi connectivity index (χ0) is 13.3. The summed E-state index contributed by atoms with van der Waals surface area (Å²) in [6.07, 6.45) is 0.679. The topological polar surface area (TPSA) is 49.3 Å². The molecule has 0 radical (unpaired) electrons. The van der Waals surface area contributed by atoms with E-state index in [-0.39, 0.29) is 17.0 Å². The minimum atomic E-state index is -0.852. The van der Waals surface area contributed by atoms with Crippen LogP contribution in [0, 0.1) is 11.7 Å². The van der Waals surface area contributed by atoms with E-state index in [0.717, 1.165) is 0 Å². The van der Waals surface area contributed by atoms with E-state index < -0.39 is 17.7 Å².